The molecule has 0 fully saturated rings. The maximum atomic E-state index is 13.4. The lowest BCUT2D eigenvalue weighted by Crippen LogP contribution is -2.38. The van der Waals surface area contributed by atoms with Crippen LogP contribution in [0.4, 0.5) is 0 Å². The lowest BCUT2D eigenvalue weighted by molar-refractivity contribution is -0.139. The number of carbonyl (C=O) groups excluding carboxylic acids is 1. The normalized spacial score (nSPS) is 16.2. The molecule has 162 valence electrons. The number of carbonyl (C=O) groups is 1. The van der Waals surface area contributed by atoms with Gasteiger partial charge in [-0.15, -0.1) is 0 Å². The molecule has 3 aromatic rings. The van der Waals surface area contributed by atoms with Gasteiger partial charge in [0.15, 0.2) is 4.80 Å². The molecule has 1 unspecified atom stereocenters. The van der Waals surface area contributed by atoms with Crippen molar-refractivity contribution in [3.05, 3.63) is 108 Å². The van der Waals surface area contributed by atoms with Crippen molar-refractivity contribution in [1.82, 2.24) is 4.57 Å². The van der Waals surface area contributed by atoms with Crippen molar-refractivity contribution in [2.24, 2.45) is 4.99 Å². The first kappa shape index (κ1) is 21.7. The number of fused-ring (bicyclic) bond motifs is 1. The second kappa shape index (κ2) is 9.32. The molecule has 1 atom stereocenters. The van der Waals surface area contributed by atoms with Gasteiger partial charge in [-0.05, 0) is 38.0 Å². The highest BCUT2D eigenvalue weighted by Gasteiger charge is 2.30. The summed E-state index contributed by atoms with van der Waals surface area (Å²) in [5.74, 6) is -0.454. The summed E-state index contributed by atoms with van der Waals surface area (Å²) in [7, 11) is 0. The molecule has 0 bridgehead atoms. The summed E-state index contributed by atoms with van der Waals surface area (Å²) in [6, 6.07) is 17.2. The summed E-state index contributed by atoms with van der Waals surface area (Å²) < 4.78 is 7.45. The summed E-state index contributed by atoms with van der Waals surface area (Å²) >= 11 is 1.33. The molecule has 2 aromatic carbocycles. The third-order valence-electron chi connectivity index (χ3n) is 5.20. The molecule has 6 heteroatoms. The van der Waals surface area contributed by atoms with E-state index in [2.05, 4.69) is 4.99 Å². The Kier molecular flexibility index (Phi) is 6.32. The highest BCUT2D eigenvalue weighted by molar-refractivity contribution is 7.07. The molecule has 0 radical (unpaired) electrons. The van der Waals surface area contributed by atoms with Crippen LogP contribution in [0, 0.1) is 6.92 Å². The smallest absolute Gasteiger partial charge is 0.338 e. The van der Waals surface area contributed by atoms with Crippen LogP contribution in [-0.4, -0.2) is 17.1 Å². The molecule has 0 N–H and O–H groups in total. The van der Waals surface area contributed by atoms with Crippen molar-refractivity contribution in [3.63, 3.8) is 0 Å². The van der Waals surface area contributed by atoms with Gasteiger partial charge in [0.05, 0.1) is 28.5 Å². The van der Waals surface area contributed by atoms with Gasteiger partial charge in [-0.3, -0.25) is 9.36 Å². The maximum Gasteiger partial charge on any atom is 0.338 e. The Bertz CT molecular complexity index is 1380. The Morgan fingerprint density at radius 1 is 1.09 bits per heavy atom. The standard InChI is InChI=1S/C26H24N2O3S/c1-4-31-25(30)23-18(3)27-26-28(21(23)15-14-19-8-6-5-7-9-19)24(29)22(32-26)16-20-12-10-17(2)11-13-20/h5-16,21H,4H2,1-3H3/b15-14+,22-16?. The summed E-state index contributed by atoms with van der Waals surface area (Å²) in [4.78, 5) is 31.4. The molecule has 5 nitrogen and oxygen atoms in total. The van der Waals surface area contributed by atoms with Crippen molar-refractivity contribution in [2.45, 2.75) is 26.8 Å². The molecular weight excluding hydrogens is 420 g/mol. The molecule has 4 rings (SSSR count). The first-order valence-corrected chi connectivity index (χ1v) is 11.3. The second-order valence-electron chi connectivity index (χ2n) is 7.53. The van der Waals surface area contributed by atoms with Gasteiger partial charge in [0.2, 0.25) is 0 Å². The van der Waals surface area contributed by atoms with Gasteiger partial charge in [-0.1, -0.05) is 83.6 Å². The fourth-order valence-electron chi connectivity index (χ4n) is 3.60. The number of aryl methyl sites for hydroxylation is 1. The molecular formula is C26H24N2O3S. The molecule has 32 heavy (non-hydrogen) atoms. The number of nitrogens with zero attached hydrogens (tertiary/aromatic N) is 2. The van der Waals surface area contributed by atoms with Crippen LogP contribution in [0.15, 0.2) is 81.7 Å². The Balaban J connectivity index is 1.87. The first-order chi connectivity index (χ1) is 15.5. The van der Waals surface area contributed by atoms with E-state index in [1.165, 1.54) is 11.3 Å². The monoisotopic (exact) mass is 444 g/mol. The van der Waals surface area contributed by atoms with Crippen LogP contribution < -0.4 is 14.9 Å². The number of hydrogen-bond acceptors (Lipinski definition) is 5. The molecule has 1 aliphatic heterocycles. The zero-order valence-corrected chi connectivity index (χ0v) is 19.1. The highest BCUT2D eigenvalue weighted by Crippen LogP contribution is 2.26. The third kappa shape index (κ3) is 4.41. The molecule has 0 saturated heterocycles. The zero-order valence-electron chi connectivity index (χ0n) is 18.2. The highest BCUT2D eigenvalue weighted by atomic mass is 32.1. The van der Waals surface area contributed by atoms with Crippen LogP contribution in [0.1, 0.15) is 36.6 Å². The van der Waals surface area contributed by atoms with Crippen molar-refractivity contribution in [3.8, 4) is 0 Å². The van der Waals surface area contributed by atoms with Gasteiger partial charge in [-0.25, -0.2) is 9.79 Å². The molecule has 0 amide bonds. The average Bonchev–Trinajstić information content (AvgIpc) is 3.09. The quantitative estimate of drug-likeness (QED) is 0.563. The van der Waals surface area contributed by atoms with Gasteiger partial charge in [0, 0.05) is 0 Å². The molecule has 1 aromatic heterocycles. The fourth-order valence-corrected chi connectivity index (χ4v) is 4.65. The molecule has 1 aliphatic rings. The number of rotatable bonds is 5. The van der Waals surface area contributed by atoms with Crippen molar-refractivity contribution >= 4 is 29.5 Å². The first-order valence-electron chi connectivity index (χ1n) is 10.5. The van der Waals surface area contributed by atoms with Gasteiger partial charge in [0.25, 0.3) is 5.56 Å². The number of ether oxygens (including phenoxy) is 1. The van der Waals surface area contributed by atoms with Crippen LogP contribution in [0.5, 0.6) is 0 Å². The van der Waals surface area contributed by atoms with E-state index in [1.807, 2.05) is 79.7 Å². The van der Waals surface area contributed by atoms with Crippen LogP contribution in [0.25, 0.3) is 12.2 Å². The number of aromatic nitrogens is 1. The molecule has 0 aliphatic carbocycles. The number of hydrogen-bond donors (Lipinski definition) is 0. The zero-order chi connectivity index (χ0) is 22.7. The van der Waals surface area contributed by atoms with Crippen LogP contribution in [-0.2, 0) is 9.53 Å². The van der Waals surface area contributed by atoms with E-state index in [-0.39, 0.29) is 12.2 Å². The number of thiazole rings is 1. The fraction of sp³-hybridized carbons (Fsp3) is 0.192. The van der Waals surface area contributed by atoms with E-state index < -0.39 is 12.0 Å². The van der Waals surface area contributed by atoms with E-state index >= 15 is 0 Å². The lowest BCUT2D eigenvalue weighted by atomic mass is 10.0. The predicted molar refractivity (Wildman–Crippen MR) is 128 cm³/mol. The summed E-state index contributed by atoms with van der Waals surface area (Å²) in [5, 5.41) is 0. The Morgan fingerprint density at radius 3 is 2.50 bits per heavy atom. The Morgan fingerprint density at radius 2 is 1.81 bits per heavy atom. The van der Waals surface area contributed by atoms with E-state index in [0.717, 1.165) is 16.7 Å². The topological polar surface area (TPSA) is 60.7 Å². The van der Waals surface area contributed by atoms with Crippen molar-refractivity contribution in [1.29, 1.82) is 0 Å². The van der Waals surface area contributed by atoms with Crippen molar-refractivity contribution in [2.75, 3.05) is 6.61 Å². The van der Waals surface area contributed by atoms with Crippen molar-refractivity contribution < 1.29 is 9.53 Å². The van der Waals surface area contributed by atoms with E-state index in [0.29, 0.717) is 20.6 Å². The van der Waals surface area contributed by atoms with E-state index in [1.54, 1.807) is 18.4 Å². The van der Waals surface area contributed by atoms with E-state index in [4.69, 9.17) is 4.74 Å². The lowest BCUT2D eigenvalue weighted by Gasteiger charge is -2.21. The van der Waals surface area contributed by atoms with Gasteiger partial charge >= 0.3 is 5.97 Å². The van der Waals surface area contributed by atoms with Crippen LogP contribution in [0.2, 0.25) is 0 Å². The largest absolute Gasteiger partial charge is 0.463 e. The second-order valence-corrected chi connectivity index (χ2v) is 8.53. The molecule has 0 saturated carbocycles. The molecule has 2 heterocycles. The summed E-state index contributed by atoms with van der Waals surface area (Å²) in [6.07, 6.45) is 5.65. The Labute approximate surface area is 190 Å². The number of allylic oxidation sites excluding steroid dienone is 2. The van der Waals surface area contributed by atoms with Gasteiger partial charge in [-0.2, -0.15) is 0 Å². The predicted octanol–water partition coefficient (Wildman–Crippen LogP) is 3.77. The summed E-state index contributed by atoms with van der Waals surface area (Å²) in [6.45, 7) is 5.82. The Hall–Kier alpha value is -3.51. The summed E-state index contributed by atoms with van der Waals surface area (Å²) in [5.41, 5.74) is 3.85. The van der Waals surface area contributed by atoms with Gasteiger partial charge in [0.1, 0.15) is 0 Å². The average molecular weight is 445 g/mol. The number of benzene rings is 2. The van der Waals surface area contributed by atoms with Crippen LogP contribution >= 0.6 is 11.3 Å². The minimum atomic E-state index is -0.592. The van der Waals surface area contributed by atoms with E-state index in [9.17, 15) is 9.59 Å². The van der Waals surface area contributed by atoms with Crippen LogP contribution in [0.3, 0.4) is 0 Å². The van der Waals surface area contributed by atoms with Gasteiger partial charge < -0.3 is 4.74 Å². The third-order valence-corrected chi connectivity index (χ3v) is 6.19. The minimum Gasteiger partial charge on any atom is -0.463 e. The SMILES string of the molecule is CCOC(=O)C1=C(C)N=c2sc(=Cc3ccc(C)cc3)c(=O)n2C1/C=C/c1ccccc1. The molecule has 0 spiro atoms. The number of esters is 1. The minimum absolute atomic E-state index is 0.175. The maximum absolute atomic E-state index is 13.4.